The van der Waals surface area contributed by atoms with Gasteiger partial charge in [0.15, 0.2) is 5.82 Å². The van der Waals surface area contributed by atoms with E-state index in [0.717, 1.165) is 0 Å². The quantitative estimate of drug-likeness (QED) is 0.679. The highest BCUT2D eigenvalue weighted by Crippen LogP contribution is 2.07. The molecule has 70 valence electrons. The van der Waals surface area contributed by atoms with E-state index >= 15 is 0 Å². The zero-order chi connectivity index (χ0) is 9.97. The summed E-state index contributed by atoms with van der Waals surface area (Å²) in [5, 5.41) is 11.5. The molecule has 0 aliphatic rings. The highest BCUT2D eigenvalue weighted by atomic mass is 32.1. The van der Waals surface area contributed by atoms with Crippen molar-refractivity contribution in [2.45, 2.75) is 0 Å². The Hall–Kier alpha value is -1.89. The molecule has 6 nitrogen and oxygen atoms in total. The van der Waals surface area contributed by atoms with Crippen LogP contribution in [0.25, 0.3) is 5.82 Å². The topological polar surface area (TPSA) is 82.5 Å². The van der Waals surface area contributed by atoms with Gasteiger partial charge in [0.2, 0.25) is 0 Å². The predicted molar refractivity (Wildman–Crippen MR) is 52.8 cm³/mol. The van der Waals surface area contributed by atoms with Crippen LogP contribution in [0.5, 0.6) is 0 Å². The fourth-order valence-electron chi connectivity index (χ4n) is 1.00. The smallest absolute Gasteiger partial charge is 0.187 e. The first-order valence-corrected chi connectivity index (χ1v) is 4.16. The maximum atomic E-state index is 5.52. The fraction of sp³-hybridized carbons (Fsp3) is 0. The van der Waals surface area contributed by atoms with Crippen LogP contribution in [0.3, 0.4) is 0 Å². The molecule has 0 saturated carbocycles. The molecule has 0 bridgehead atoms. The van der Waals surface area contributed by atoms with Crippen molar-refractivity contribution in [3.8, 4) is 5.82 Å². The molecule has 14 heavy (non-hydrogen) atoms. The standard InChI is InChI=1S/C7H6N6S/c8-6(14)5-1-2-10-12-7(5)13-4-9-3-11-13/h1-4H,(H2,8,14). The van der Waals surface area contributed by atoms with E-state index in [-0.39, 0.29) is 4.99 Å². The predicted octanol–water partition coefficient (Wildman–Crippen LogP) is -0.308. The Morgan fingerprint density at radius 2 is 2.36 bits per heavy atom. The zero-order valence-electron chi connectivity index (χ0n) is 7.03. The first-order chi connectivity index (χ1) is 6.79. The van der Waals surface area contributed by atoms with E-state index < -0.39 is 0 Å². The van der Waals surface area contributed by atoms with Crippen molar-refractivity contribution in [1.82, 2.24) is 25.0 Å². The average Bonchev–Trinajstić information content (AvgIpc) is 2.70. The van der Waals surface area contributed by atoms with Crippen LogP contribution >= 0.6 is 12.2 Å². The Labute approximate surface area is 84.8 Å². The van der Waals surface area contributed by atoms with Gasteiger partial charge in [-0.2, -0.15) is 10.2 Å². The molecule has 2 aromatic heterocycles. The van der Waals surface area contributed by atoms with Crippen LogP contribution in [0, 0.1) is 0 Å². The number of nitrogens with two attached hydrogens (primary N) is 1. The number of aromatic nitrogens is 5. The summed E-state index contributed by atoms with van der Waals surface area (Å²) < 4.78 is 1.46. The lowest BCUT2D eigenvalue weighted by atomic mass is 10.3. The third-order valence-electron chi connectivity index (χ3n) is 1.60. The van der Waals surface area contributed by atoms with E-state index in [9.17, 15) is 0 Å². The Morgan fingerprint density at radius 1 is 1.50 bits per heavy atom. The molecule has 0 atom stereocenters. The van der Waals surface area contributed by atoms with Crippen molar-refractivity contribution < 1.29 is 0 Å². The van der Waals surface area contributed by atoms with Crippen molar-refractivity contribution in [1.29, 1.82) is 0 Å². The number of hydrogen-bond acceptors (Lipinski definition) is 5. The van der Waals surface area contributed by atoms with E-state index in [4.69, 9.17) is 18.0 Å². The second-order valence-corrected chi connectivity index (χ2v) is 2.91. The van der Waals surface area contributed by atoms with Gasteiger partial charge in [0.25, 0.3) is 0 Å². The molecule has 0 unspecified atom stereocenters. The van der Waals surface area contributed by atoms with Gasteiger partial charge in [-0.25, -0.2) is 9.67 Å². The fourth-order valence-corrected chi connectivity index (χ4v) is 1.16. The Bertz CT molecular complexity index is 451. The third kappa shape index (κ3) is 1.44. The molecular formula is C7H6N6S. The summed E-state index contributed by atoms with van der Waals surface area (Å²) in [5.74, 6) is 0.484. The van der Waals surface area contributed by atoms with Gasteiger partial charge >= 0.3 is 0 Å². The molecule has 0 fully saturated rings. The van der Waals surface area contributed by atoms with Gasteiger partial charge in [0.1, 0.15) is 17.6 Å². The third-order valence-corrected chi connectivity index (χ3v) is 1.82. The molecule has 0 spiro atoms. The summed E-state index contributed by atoms with van der Waals surface area (Å²) in [6, 6.07) is 1.69. The highest BCUT2D eigenvalue weighted by Gasteiger charge is 2.08. The van der Waals surface area contributed by atoms with Gasteiger partial charge in [-0.15, -0.1) is 5.10 Å². The number of thiocarbonyl (C=S) groups is 1. The summed E-state index contributed by atoms with van der Waals surface area (Å²) in [6.45, 7) is 0. The highest BCUT2D eigenvalue weighted by molar-refractivity contribution is 7.80. The normalized spacial score (nSPS) is 10.0. The van der Waals surface area contributed by atoms with Gasteiger partial charge in [-0.1, -0.05) is 12.2 Å². The maximum Gasteiger partial charge on any atom is 0.187 e. The van der Waals surface area contributed by atoms with E-state index in [2.05, 4.69) is 20.3 Å². The van der Waals surface area contributed by atoms with Crippen LogP contribution in [0.4, 0.5) is 0 Å². The molecular weight excluding hydrogens is 200 g/mol. The molecule has 0 aliphatic heterocycles. The lowest BCUT2D eigenvalue weighted by Gasteiger charge is -2.03. The van der Waals surface area contributed by atoms with Crippen molar-refractivity contribution in [3.63, 3.8) is 0 Å². The molecule has 0 aliphatic carbocycles. The van der Waals surface area contributed by atoms with Crippen LogP contribution < -0.4 is 5.73 Å². The van der Waals surface area contributed by atoms with Crippen molar-refractivity contribution in [2.24, 2.45) is 5.73 Å². The molecule has 0 amide bonds. The summed E-state index contributed by atoms with van der Waals surface area (Å²) in [4.78, 5) is 4.05. The minimum atomic E-state index is 0.255. The van der Waals surface area contributed by atoms with Crippen LogP contribution in [0.15, 0.2) is 24.9 Å². The summed E-state index contributed by atoms with van der Waals surface area (Å²) in [5.41, 5.74) is 6.15. The summed E-state index contributed by atoms with van der Waals surface area (Å²) in [7, 11) is 0. The zero-order valence-corrected chi connectivity index (χ0v) is 7.85. The first kappa shape index (κ1) is 8.70. The van der Waals surface area contributed by atoms with Crippen LogP contribution in [-0.2, 0) is 0 Å². The SMILES string of the molecule is NC(=S)c1ccnnc1-n1cncn1. The molecule has 0 aromatic carbocycles. The first-order valence-electron chi connectivity index (χ1n) is 3.75. The molecule has 2 rings (SSSR count). The van der Waals surface area contributed by atoms with E-state index in [1.54, 1.807) is 6.07 Å². The number of rotatable bonds is 2. The largest absolute Gasteiger partial charge is 0.389 e. The number of nitrogens with zero attached hydrogens (tertiary/aromatic N) is 5. The molecule has 2 aromatic rings. The minimum absolute atomic E-state index is 0.255. The van der Waals surface area contributed by atoms with Gasteiger partial charge in [-0.05, 0) is 6.07 Å². The van der Waals surface area contributed by atoms with Crippen LogP contribution in [0.2, 0.25) is 0 Å². The van der Waals surface area contributed by atoms with E-state index in [1.807, 2.05) is 0 Å². The van der Waals surface area contributed by atoms with Gasteiger partial charge < -0.3 is 5.73 Å². The van der Waals surface area contributed by atoms with Gasteiger partial charge in [0, 0.05) is 0 Å². The molecule has 2 N–H and O–H groups in total. The Morgan fingerprint density at radius 3 is 3.00 bits per heavy atom. The minimum Gasteiger partial charge on any atom is -0.389 e. The van der Waals surface area contributed by atoms with Crippen LogP contribution in [0.1, 0.15) is 5.56 Å². The molecule has 7 heteroatoms. The average molecular weight is 206 g/mol. The summed E-state index contributed by atoms with van der Waals surface area (Å²) >= 11 is 4.87. The number of hydrogen-bond donors (Lipinski definition) is 1. The van der Waals surface area contributed by atoms with Crippen molar-refractivity contribution in [3.05, 3.63) is 30.5 Å². The maximum absolute atomic E-state index is 5.52. The lowest BCUT2D eigenvalue weighted by molar-refractivity contribution is 0.810. The Kier molecular flexibility index (Phi) is 2.15. The molecule has 2 heterocycles. The van der Waals surface area contributed by atoms with Crippen molar-refractivity contribution >= 4 is 17.2 Å². The van der Waals surface area contributed by atoms with Crippen molar-refractivity contribution in [2.75, 3.05) is 0 Å². The van der Waals surface area contributed by atoms with Gasteiger partial charge in [-0.3, -0.25) is 0 Å². The lowest BCUT2D eigenvalue weighted by Crippen LogP contribution is -2.15. The Balaban J connectivity index is 2.58. The van der Waals surface area contributed by atoms with Crippen LogP contribution in [-0.4, -0.2) is 30.0 Å². The molecule has 0 radical (unpaired) electrons. The summed E-state index contributed by atoms with van der Waals surface area (Å²) in [6.07, 6.45) is 4.43. The van der Waals surface area contributed by atoms with Gasteiger partial charge in [0.05, 0.1) is 11.8 Å². The second kappa shape index (κ2) is 3.46. The second-order valence-electron chi connectivity index (χ2n) is 2.47. The van der Waals surface area contributed by atoms with E-state index in [0.29, 0.717) is 11.4 Å². The monoisotopic (exact) mass is 206 g/mol. The molecule has 0 saturated heterocycles. The van der Waals surface area contributed by atoms with E-state index in [1.165, 1.54) is 23.5 Å².